The Labute approximate surface area is 108 Å². The molecule has 0 saturated heterocycles. The largest absolute Gasteiger partial charge is 0.325 e. The fraction of sp³-hybridized carbons (Fsp3) is 1.00. The standard InChI is InChI=1S/C16H31N/c1-13(2)12-16(17)11-7-6-10-15(16)14-8-4-3-5-9-14/h13-15H,3-12,17H2,1-2H3. The van der Waals surface area contributed by atoms with E-state index in [4.69, 9.17) is 5.73 Å². The Morgan fingerprint density at radius 3 is 2.29 bits per heavy atom. The lowest BCUT2D eigenvalue weighted by Crippen LogP contribution is -2.53. The lowest BCUT2D eigenvalue weighted by Gasteiger charge is -2.47. The predicted octanol–water partition coefficient (Wildman–Crippen LogP) is 4.50. The maximum Gasteiger partial charge on any atom is 0.0187 e. The Morgan fingerprint density at radius 1 is 1.00 bits per heavy atom. The summed E-state index contributed by atoms with van der Waals surface area (Å²) in [6.07, 6.45) is 14.0. The number of hydrogen-bond donors (Lipinski definition) is 1. The molecule has 2 saturated carbocycles. The van der Waals surface area contributed by atoms with Gasteiger partial charge in [-0.1, -0.05) is 58.8 Å². The third kappa shape index (κ3) is 3.24. The first kappa shape index (κ1) is 13.4. The zero-order valence-electron chi connectivity index (χ0n) is 11.9. The van der Waals surface area contributed by atoms with Crippen LogP contribution in [0.15, 0.2) is 0 Å². The summed E-state index contributed by atoms with van der Waals surface area (Å²) < 4.78 is 0. The topological polar surface area (TPSA) is 26.0 Å². The molecule has 0 bridgehead atoms. The smallest absolute Gasteiger partial charge is 0.0187 e. The molecular weight excluding hydrogens is 206 g/mol. The SMILES string of the molecule is CC(C)CC1(N)CCCCC1C1CCCCC1. The normalized spacial score (nSPS) is 36.4. The minimum absolute atomic E-state index is 0.175. The highest BCUT2D eigenvalue weighted by atomic mass is 14.8. The van der Waals surface area contributed by atoms with Crippen LogP contribution in [0.3, 0.4) is 0 Å². The highest BCUT2D eigenvalue weighted by molar-refractivity contribution is 4.98. The molecule has 0 aromatic carbocycles. The lowest BCUT2D eigenvalue weighted by molar-refractivity contribution is 0.0835. The fourth-order valence-electron chi connectivity index (χ4n) is 4.55. The average Bonchev–Trinajstić information content (AvgIpc) is 2.29. The second-order valence-electron chi connectivity index (χ2n) is 7.08. The molecule has 100 valence electrons. The Bertz CT molecular complexity index is 230. The van der Waals surface area contributed by atoms with E-state index in [0.717, 1.165) is 17.8 Å². The molecule has 0 heterocycles. The molecule has 0 amide bonds. The maximum absolute atomic E-state index is 6.84. The Balaban J connectivity index is 2.04. The predicted molar refractivity (Wildman–Crippen MR) is 74.9 cm³/mol. The molecule has 2 atom stereocenters. The van der Waals surface area contributed by atoms with Crippen molar-refractivity contribution in [2.75, 3.05) is 0 Å². The van der Waals surface area contributed by atoms with Crippen molar-refractivity contribution >= 4 is 0 Å². The van der Waals surface area contributed by atoms with Crippen LogP contribution in [0.2, 0.25) is 0 Å². The second kappa shape index (κ2) is 5.73. The molecular formula is C16H31N. The van der Waals surface area contributed by atoms with E-state index in [-0.39, 0.29) is 5.54 Å². The summed E-state index contributed by atoms with van der Waals surface area (Å²) in [5.41, 5.74) is 7.01. The lowest BCUT2D eigenvalue weighted by atomic mass is 9.62. The van der Waals surface area contributed by atoms with Gasteiger partial charge in [0.2, 0.25) is 0 Å². The van der Waals surface area contributed by atoms with Gasteiger partial charge >= 0.3 is 0 Å². The summed E-state index contributed by atoms with van der Waals surface area (Å²) in [7, 11) is 0. The van der Waals surface area contributed by atoms with Gasteiger partial charge in [-0.2, -0.15) is 0 Å². The van der Waals surface area contributed by atoms with Crippen LogP contribution in [0.5, 0.6) is 0 Å². The van der Waals surface area contributed by atoms with E-state index in [2.05, 4.69) is 13.8 Å². The summed E-state index contributed by atoms with van der Waals surface area (Å²) in [6, 6.07) is 0. The molecule has 2 rings (SSSR count). The molecule has 2 aliphatic rings. The molecule has 0 spiro atoms. The van der Waals surface area contributed by atoms with E-state index in [9.17, 15) is 0 Å². The first-order valence-electron chi connectivity index (χ1n) is 7.91. The summed E-state index contributed by atoms with van der Waals surface area (Å²) >= 11 is 0. The maximum atomic E-state index is 6.84. The van der Waals surface area contributed by atoms with Crippen LogP contribution >= 0.6 is 0 Å². The van der Waals surface area contributed by atoms with Gasteiger partial charge in [0.15, 0.2) is 0 Å². The van der Waals surface area contributed by atoms with Crippen LogP contribution in [-0.4, -0.2) is 5.54 Å². The first-order valence-corrected chi connectivity index (χ1v) is 7.91. The summed E-state index contributed by atoms with van der Waals surface area (Å²) in [5.74, 6) is 2.54. The highest BCUT2D eigenvalue weighted by Crippen LogP contribution is 2.45. The monoisotopic (exact) mass is 237 g/mol. The number of nitrogens with two attached hydrogens (primary N) is 1. The van der Waals surface area contributed by atoms with Gasteiger partial charge < -0.3 is 5.73 Å². The minimum atomic E-state index is 0.175. The Kier molecular flexibility index (Phi) is 4.52. The zero-order valence-corrected chi connectivity index (χ0v) is 11.9. The van der Waals surface area contributed by atoms with Crippen molar-refractivity contribution in [1.29, 1.82) is 0 Å². The van der Waals surface area contributed by atoms with Gasteiger partial charge in [0.25, 0.3) is 0 Å². The Hall–Kier alpha value is -0.0400. The molecule has 0 aromatic heterocycles. The van der Waals surface area contributed by atoms with Crippen LogP contribution < -0.4 is 5.73 Å². The molecule has 1 nitrogen and oxygen atoms in total. The van der Waals surface area contributed by atoms with Crippen LogP contribution in [0.1, 0.15) is 78.1 Å². The molecule has 0 aromatic rings. The van der Waals surface area contributed by atoms with Crippen molar-refractivity contribution in [2.24, 2.45) is 23.5 Å². The zero-order chi connectivity index (χ0) is 12.3. The van der Waals surface area contributed by atoms with Gasteiger partial charge in [0.05, 0.1) is 0 Å². The molecule has 17 heavy (non-hydrogen) atoms. The second-order valence-corrected chi connectivity index (χ2v) is 7.08. The molecule has 2 aliphatic carbocycles. The summed E-state index contributed by atoms with van der Waals surface area (Å²) in [4.78, 5) is 0. The molecule has 2 N–H and O–H groups in total. The van der Waals surface area contributed by atoms with E-state index in [0.29, 0.717) is 0 Å². The quantitative estimate of drug-likeness (QED) is 0.768. The number of rotatable bonds is 3. The van der Waals surface area contributed by atoms with Crippen molar-refractivity contribution in [3.05, 3.63) is 0 Å². The van der Waals surface area contributed by atoms with E-state index in [1.807, 2.05) is 0 Å². The van der Waals surface area contributed by atoms with Gasteiger partial charge in [0.1, 0.15) is 0 Å². The van der Waals surface area contributed by atoms with Crippen molar-refractivity contribution in [3.63, 3.8) is 0 Å². The van der Waals surface area contributed by atoms with Gasteiger partial charge in [-0.15, -0.1) is 0 Å². The first-order chi connectivity index (χ1) is 8.12. The van der Waals surface area contributed by atoms with Gasteiger partial charge in [-0.25, -0.2) is 0 Å². The van der Waals surface area contributed by atoms with Crippen LogP contribution in [-0.2, 0) is 0 Å². The molecule has 2 unspecified atom stereocenters. The van der Waals surface area contributed by atoms with Crippen molar-refractivity contribution < 1.29 is 0 Å². The summed E-state index contributed by atoms with van der Waals surface area (Å²) in [6.45, 7) is 4.67. The Morgan fingerprint density at radius 2 is 1.65 bits per heavy atom. The molecule has 2 fully saturated rings. The van der Waals surface area contributed by atoms with E-state index < -0.39 is 0 Å². The molecule has 1 heteroatoms. The average molecular weight is 237 g/mol. The molecule has 0 radical (unpaired) electrons. The van der Waals surface area contributed by atoms with Crippen LogP contribution in [0.4, 0.5) is 0 Å². The van der Waals surface area contributed by atoms with E-state index in [1.54, 1.807) is 0 Å². The fourth-order valence-corrected chi connectivity index (χ4v) is 4.55. The van der Waals surface area contributed by atoms with Crippen molar-refractivity contribution in [2.45, 2.75) is 83.6 Å². The molecule has 0 aliphatic heterocycles. The van der Waals surface area contributed by atoms with E-state index >= 15 is 0 Å². The third-order valence-corrected chi connectivity index (χ3v) is 5.15. The van der Waals surface area contributed by atoms with Gasteiger partial charge in [-0.3, -0.25) is 0 Å². The minimum Gasteiger partial charge on any atom is -0.325 e. The highest BCUT2D eigenvalue weighted by Gasteiger charge is 2.41. The van der Waals surface area contributed by atoms with Crippen molar-refractivity contribution in [3.8, 4) is 0 Å². The summed E-state index contributed by atoms with van der Waals surface area (Å²) in [5, 5.41) is 0. The van der Waals surface area contributed by atoms with Crippen molar-refractivity contribution in [1.82, 2.24) is 0 Å². The van der Waals surface area contributed by atoms with Crippen LogP contribution in [0, 0.1) is 17.8 Å². The third-order valence-electron chi connectivity index (χ3n) is 5.15. The van der Waals surface area contributed by atoms with E-state index in [1.165, 1.54) is 64.2 Å². The van der Waals surface area contributed by atoms with Gasteiger partial charge in [0, 0.05) is 5.54 Å². The van der Waals surface area contributed by atoms with Gasteiger partial charge in [-0.05, 0) is 37.0 Å². The number of hydrogen-bond acceptors (Lipinski definition) is 1. The van der Waals surface area contributed by atoms with Crippen LogP contribution in [0.25, 0.3) is 0 Å².